The Morgan fingerprint density at radius 3 is 2.29 bits per heavy atom. The average molecular weight is 797 g/mol. The number of carbonyl (C=O) groups is 4. The first-order valence-corrected chi connectivity index (χ1v) is 21.3. The van der Waals surface area contributed by atoms with Crippen molar-refractivity contribution in [2.24, 2.45) is 5.92 Å². The minimum Gasteiger partial charge on any atom is -0.374 e. The highest BCUT2D eigenvalue weighted by atomic mass is 19.1. The maximum Gasteiger partial charge on any atom is 0.249 e. The highest BCUT2D eigenvalue weighted by Gasteiger charge is 2.34. The Morgan fingerprint density at radius 2 is 1.55 bits per heavy atom. The molecule has 5 aliphatic rings. The van der Waals surface area contributed by atoms with Crippen molar-refractivity contribution in [1.82, 2.24) is 25.5 Å². The van der Waals surface area contributed by atoms with Gasteiger partial charge in [0.1, 0.15) is 17.6 Å². The number of rotatable bonds is 10. The largest absolute Gasteiger partial charge is 0.374 e. The summed E-state index contributed by atoms with van der Waals surface area (Å²) in [4.78, 5) is 62.5. The van der Waals surface area contributed by atoms with Crippen LogP contribution in [0.5, 0.6) is 0 Å². The van der Waals surface area contributed by atoms with Crippen LogP contribution in [0.3, 0.4) is 0 Å². The fourth-order valence-corrected chi connectivity index (χ4v) is 9.68. The lowest BCUT2D eigenvalue weighted by atomic mass is 9.82. The second-order valence-corrected chi connectivity index (χ2v) is 16.8. The summed E-state index contributed by atoms with van der Waals surface area (Å²) in [6.45, 7) is 2.46. The molecule has 1 atom stereocenters. The summed E-state index contributed by atoms with van der Waals surface area (Å²) in [5.74, 6) is -0.686. The molecule has 3 saturated heterocycles. The number of likely N-dealkylation sites (tertiary alicyclic amines) is 1. The summed E-state index contributed by atoms with van der Waals surface area (Å²) >= 11 is 0. The van der Waals surface area contributed by atoms with Crippen molar-refractivity contribution in [2.45, 2.75) is 126 Å². The molecule has 58 heavy (non-hydrogen) atoms. The molecule has 4 amide bonds. The van der Waals surface area contributed by atoms with Crippen molar-refractivity contribution in [3.63, 3.8) is 0 Å². The lowest BCUT2D eigenvalue weighted by Gasteiger charge is -2.41. The van der Waals surface area contributed by atoms with Crippen LogP contribution in [0.4, 0.5) is 26.1 Å². The fraction of sp³-hybridized carbons (Fsp3) is 0.545. The highest BCUT2D eigenvalue weighted by molar-refractivity contribution is 6.01. The lowest BCUT2D eigenvalue weighted by molar-refractivity contribution is -0.133. The molecule has 4 heterocycles. The van der Waals surface area contributed by atoms with E-state index >= 15 is 4.39 Å². The first-order valence-electron chi connectivity index (χ1n) is 21.3. The molecular formula is C44H54F2N8O4. The van der Waals surface area contributed by atoms with Crippen molar-refractivity contribution in [3.05, 3.63) is 65.9 Å². The summed E-state index contributed by atoms with van der Waals surface area (Å²) in [5, 5.41) is 12.1. The second kappa shape index (κ2) is 17.9. The number of anilines is 3. The number of amides is 4. The third-order valence-electron chi connectivity index (χ3n) is 13.0. The fourth-order valence-electron chi connectivity index (χ4n) is 9.68. The zero-order valence-electron chi connectivity index (χ0n) is 33.0. The molecule has 3 aliphatic heterocycles. The van der Waals surface area contributed by atoms with Crippen molar-refractivity contribution in [3.8, 4) is 11.3 Å². The Labute approximate surface area is 338 Å². The Morgan fingerprint density at radius 1 is 0.776 bits per heavy atom. The van der Waals surface area contributed by atoms with Gasteiger partial charge in [0.2, 0.25) is 29.6 Å². The molecule has 0 bridgehead atoms. The van der Waals surface area contributed by atoms with E-state index < -0.39 is 11.9 Å². The molecule has 8 rings (SSSR count). The summed E-state index contributed by atoms with van der Waals surface area (Å²) in [6.07, 6.45) is 13.0. The molecule has 0 radical (unpaired) electrons. The van der Waals surface area contributed by atoms with Gasteiger partial charge in [-0.15, -0.1) is 0 Å². The molecule has 4 N–H and O–H groups in total. The number of hydrogen-bond acceptors (Lipinski definition) is 9. The van der Waals surface area contributed by atoms with E-state index in [2.05, 4.69) is 36.1 Å². The van der Waals surface area contributed by atoms with Gasteiger partial charge in [0.05, 0.1) is 6.20 Å². The molecule has 12 nitrogen and oxygen atoms in total. The van der Waals surface area contributed by atoms with Gasteiger partial charge in [0.25, 0.3) is 0 Å². The quantitative estimate of drug-likeness (QED) is 0.170. The van der Waals surface area contributed by atoms with Gasteiger partial charge < -0.3 is 25.8 Å². The number of piperidine rings is 3. The number of carbonyl (C=O) groups excluding carboxylic acids is 4. The maximum absolute atomic E-state index is 15.3. The minimum absolute atomic E-state index is 0.0172. The second-order valence-electron chi connectivity index (χ2n) is 16.8. The van der Waals surface area contributed by atoms with Crippen LogP contribution < -0.4 is 26.2 Å². The van der Waals surface area contributed by atoms with Crippen LogP contribution in [0.25, 0.3) is 11.3 Å². The predicted molar refractivity (Wildman–Crippen MR) is 217 cm³/mol. The molecule has 5 fully saturated rings. The van der Waals surface area contributed by atoms with Crippen LogP contribution in [0, 0.1) is 17.6 Å². The lowest BCUT2D eigenvalue weighted by Crippen LogP contribution is -2.47. The molecule has 14 heteroatoms. The normalized spacial score (nSPS) is 26.2. The van der Waals surface area contributed by atoms with E-state index in [4.69, 9.17) is 0 Å². The van der Waals surface area contributed by atoms with Gasteiger partial charge in [-0.1, -0.05) is 18.2 Å². The topological polar surface area (TPSA) is 149 Å². The Bertz CT molecular complexity index is 1990. The zero-order valence-corrected chi connectivity index (χ0v) is 33.0. The molecule has 308 valence electrons. The van der Waals surface area contributed by atoms with Crippen LogP contribution in [-0.4, -0.2) is 82.3 Å². The standard InChI is InChI=1S/C44H54F2N8O4/c45-36-25-32(48-38-17-18-39(55)51-43(38)58)13-16-35(36)27-19-22-53(23-20-27)33-14-7-28(8-15-33)42(57)49-30-9-11-31(12-10-30)50-44-47-26-37(46)41(52-44)29-4-3-5-34(24-29)54-21-2-1-6-40(54)56/h3-5,13,16,24-28,30-31,33,38,48H,1-2,6-12,14-15,17-23H2,(H,49,57)(H,47,50,52)(H,51,55,58)/t28-,30?,31?,33-,38-/m1/s1. The molecular weight excluding hydrogens is 743 g/mol. The van der Waals surface area contributed by atoms with Gasteiger partial charge in [-0.25, -0.2) is 18.7 Å². The summed E-state index contributed by atoms with van der Waals surface area (Å²) in [6, 6.07) is 12.6. The molecule has 3 aromatic rings. The molecule has 1 aromatic heterocycles. The van der Waals surface area contributed by atoms with Gasteiger partial charge in [0.15, 0.2) is 5.82 Å². The van der Waals surface area contributed by atoms with Gasteiger partial charge in [-0.2, -0.15) is 0 Å². The van der Waals surface area contributed by atoms with E-state index in [0.29, 0.717) is 48.2 Å². The van der Waals surface area contributed by atoms with Crippen LogP contribution in [-0.2, 0) is 19.2 Å². The number of nitrogens with zero attached hydrogens (tertiary/aromatic N) is 4. The molecule has 2 saturated carbocycles. The number of halogens is 2. The van der Waals surface area contributed by atoms with E-state index in [1.54, 1.807) is 11.0 Å². The van der Waals surface area contributed by atoms with Crippen LogP contribution >= 0.6 is 0 Å². The van der Waals surface area contributed by atoms with E-state index in [-0.39, 0.29) is 65.5 Å². The Balaban J connectivity index is 0.754. The van der Waals surface area contributed by atoms with Crippen molar-refractivity contribution in [1.29, 1.82) is 0 Å². The van der Waals surface area contributed by atoms with Gasteiger partial charge in [-0.05, 0) is 132 Å². The minimum atomic E-state index is -0.549. The van der Waals surface area contributed by atoms with Gasteiger partial charge in [0, 0.05) is 60.4 Å². The van der Waals surface area contributed by atoms with Gasteiger partial charge in [-0.3, -0.25) is 24.5 Å². The Hall–Kier alpha value is -4.98. The van der Waals surface area contributed by atoms with Crippen molar-refractivity contribution in [2.75, 3.05) is 35.2 Å². The summed E-state index contributed by atoms with van der Waals surface area (Å²) in [5.41, 5.74) is 2.80. The van der Waals surface area contributed by atoms with E-state index in [1.165, 1.54) is 12.3 Å². The molecule has 0 unspecified atom stereocenters. The summed E-state index contributed by atoms with van der Waals surface area (Å²) in [7, 11) is 0. The average Bonchev–Trinajstić information content (AvgIpc) is 3.24. The number of nitrogens with one attached hydrogen (secondary N) is 4. The zero-order chi connectivity index (χ0) is 40.2. The molecule has 2 aromatic carbocycles. The maximum atomic E-state index is 15.3. The number of imide groups is 1. The SMILES string of the molecule is O=C1CC[C@@H](Nc2ccc(C3CCN([C@H]4CC[C@H](C(=O)NC5CCC(Nc6ncc(F)c(-c7cccc(N8CCCCC8=O)c7)n6)CC5)CC4)CC3)c(F)c2)C(=O)N1. The van der Waals surface area contributed by atoms with E-state index in [0.717, 1.165) is 95.8 Å². The number of aromatic nitrogens is 2. The van der Waals surface area contributed by atoms with Crippen LogP contribution in [0.2, 0.25) is 0 Å². The van der Waals surface area contributed by atoms with E-state index in [1.807, 2.05) is 30.3 Å². The highest BCUT2D eigenvalue weighted by Crippen LogP contribution is 2.36. The van der Waals surface area contributed by atoms with Crippen molar-refractivity contribution >= 4 is 41.0 Å². The molecule has 2 aliphatic carbocycles. The molecule has 0 spiro atoms. The van der Waals surface area contributed by atoms with Crippen LogP contribution in [0.1, 0.15) is 108 Å². The summed E-state index contributed by atoms with van der Waals surface area (Å²) < 4.78 is 30.3. The first kappa shape index (κ1) is 39.8. The number of benzene rings is 2. The monoisotopic (exact) mass is 796 g/mol. The predicted octanol–water partition coefficient (Wildman–Crippen LogP) is 6.43. The Kier molecular flexibility index (Phi) is 12.3. The first-order chi connectivity index (χ1) is 28.2. The van der Waals surface area contributed by atoms with E-state index in [9.17, 15) is 23.6 Å². The van der Waals surface area contributed by atoms with Gasteiger partial charge >= 0.3 is 0 Å². The van der Waals surface area contributed by atoms with Crippen molar-refractivity contribution < 1.29 is 28.0 Å². The smallest absolute Gasteiger partial charge is 0.249 e. The third kappa shape index (κ3) is 9.32. The third-order valence-corrected chi connectivity index (χ3v) is 13.0. The van der Waals surface area contributed by atoms with Crippen LogP contribution in [0.15, 0.2) is 48.7 Å². The number of hydrogen-bond donors (Lipinski definition) is 4.